The average Bonchev–Trinajstić information content (AvgIpc) is 2.84. The van der Waals surface area contributed by atoms with Crippen LogP contribution in [0, 0.1) is 12.7 Å². The lowest BCUT2D eigenvalue weighted by Crippen LogP contribution is -2.05. The molecule has 37 heavy (non-hydrogen) atoms. The molecular weight excluding hydrogens is 488 g/mol. The molecule has 0 amide bonds. The predicted octanol–water partition coefficient (Wildman–Crippen LogP) is 8.42. The van der Waals surface area contributed by atoms with Gasteiger partial charge in [-0.1, -0.05) is 24.3 Å². The van der Waals surface area contributed by atoms with Crippen molar-refractivity contribution in [2.24, 2.45) is 0 Å². The largest absolute Gasteiger partial charge is 0.481 e. The van der Waals surface area contributed by atoms with Crippen molar-refractivity contribution in [2.75, 3.05) is 0 Å². The Morgan fingerprint density at radius 3 is 2.16 bits per heavy atom. The van der Waals surface area contributed by atoms with Crippen molar-refractivity contribution in [2.45, 2.75) is 25.9 Å². The van der Waals surface area contributed by atoms with Crippen LogP contribution in [-0.2, 0) is 17.4 Å². The Bertz CT molecular complexity index is 1410. The third-order valence-electron chi connectivity index (χ3n) is 5.65. The van der Waals surface area contributed by atoms with E-state index in [9.17, 15) is 22.4 Å². The number of carbonyl (C=O) groups is 1. The molecule has 0 aliphatic heterocycles. The van der Waals surface area contributed by atoms with Crippen molar-refractivity contribution in [1.82, 2.24) is 0 Å². The van der Waals surface area contributed by atoms with Crippen LogP contribution in [0.25, 0.3) is 11.1 Å². The summed E-state index contributed by atoms with van der Waals surface area (Å²) in [6.45, 7) is 1.87. The Kier molecular flexibility index (Phi) is 7.47. The van der Waals surface area contributed by atoms with E-state index in [2.05, 4.69) is 0 Å². The summed E-state index contributed by atoms with van der Waals surface area (Å²) in [5, 5.41) is 8.89. The predicted molar refractivity (Wildman–Crippen MR) is 131 cm³/mol. The normalized spacial score (nSPS) is 11.3. The van der Waals surface area contributed by atoms with Crippen molar-refractivity contribution in [3.05, 3.63) is 107 Å². The first-order valence-electron chi connectivity index (χ1n) is 11.3. The van der Waals surface area contributed by atoms with Crippen molar-refractivity contribution in [1.29, 1.82) is 0 Å². The number of rotatable bonds is 8. The maximum atomic E-state index is 13.4. The quantitative estimate of drug-likeness (QED) is 0.242. The second kappa shape index (κ2) is 10.7. The van der Waals surface area contributed by atoms with E-state index < -0.39 is 23.5 Å². The molecule has 0 radical (unpaired) electrons. The maximum absolute atomic E-state index is 13.4. The van der Waals surface area contributed by atoms with Crippen LogP contribution in [0.3, 0.4) is 0 Å². The number of hydrogen-bond donors (Lipinski definition) is 1. The van der Waals surface area contributed by atoms with Gasteiger partial charge in [-0.15, -0.1) is 0 Å². The molecule has 0 unspecified atom stereocenters. The second-order valence-electron chi connectivity index (χ2n) is 8.38. The van der Waals surface area contributed by atoms with Crippen LogP contribution in [0.2, 0.25) is 0 Å². The van der Waals surface area contributed by atoms with Gasteiger partial charge in [-0.05, 0) is 84.6 Å². The molecule has 4 rings (SSSR count). The van der Waals surface area contributed by atoms with Gasteiger partial charge in [0.2, 0.25) is 0 Å². The Morgan fingerprint density at radius 1 is 0.838 bits per heavy atom. The number of hydrogen-bond acceptors (Lipinski definition) is 3. The van der Waals surface area contributed by atoms with E-state index >= 15 is 0 Å². The molecule has 0 fully saturated rings. The number of aliphatic carboxylic acids is 1. The second-order valence-corrected chi connectivity index (χ2v) is 8.38. The summed E-state index contributed by atoms with van der Waals surface area (Å²) in [6, 6.07) is 20.2. The Hall–Kier alpha value is -4.33. The monoisotopic (exact) mass is 510 g/mol. The molecule has 8 heteroatoms. The summed E-state index contributed by atoms with van der Waals surface area (Å²) in [4.78, 5) is 10.8. The molecule has 4 aromatic rings. The van der Waals surface area contributed by atoms with E-state index in [0.717, 1.165) is 23.3 Å². The zero-order chi connectivity index (χ0) is 26.6. The van der Waals surface area contributed by atoms with Crippen LogP contribution >= 0.6 is 0 Å². The van der Waals surface area contributed by atoms with Gasteiger partial charge in [0.05, 0.1) is 5.56 Å². The van der Waals surface area contributed by atoms with Gasteiger partial charge < -0.3 is 14.6 Å². The van der Waals surface area contributed by atoms with Gasteiger partial charge in [0.25, 0.3) is 0 Å². The number of aryl methyl sites for hydroxylation is 2. The van der Waals surface area contributed by atoms with E-state index in [-0.39, 0.29) is 17.7 Å². The van der Waals surface area contributed by atoms with E-state index in [1.807, 2.05) is 13.0 Å². The molecule has 4 aromatic carbocycles. The zero-order valence-corrected chi connectivity index (χ0v) is 19.7. The Balaban J connectivity index is 1.58. The van der Waals surface area contributed by atoms with Crippen LogP contribution in [0.1, 0.15) is 23.1 Å². The third kappa shape index (κ3) is 6.67. The molecule has 190 valence electrons. The summed E-state index contributed by atoms with van der Waals surface area (Å²) < 4.78 is 65.3. The summed E-state index contributed by atoms with van der Waals surface area (Å²) >= 11 is 0. The summed E-state index contributed by atoms with van der Waals surface area (Å²) in [7, 11) is 0. The van der Waals surface area contributed by atoms with E-state index in [1.54, 1.807) is 36.4 Å². The zero-order valence-electron chi connectivity index (χ0n) is 19.7. The fraction of sp³-hybridized carbons (Fsp3) is 0.138. The van der Waals surface area contributed by atoms with Gasteiger partial charge in [-0.25, -0.2) is 4.39 Å². The molecule has 0 heterocycles. The highest BCUT2D eigenvalue weighted by molar-refractivity contribution is 5.72. The van der Waals surface area contributed by atoms with Crippen LogP contribution in [-0.4, -0.2) is 11.1 Å². The molecule has 0 spiro atoms. The molecule has 0 aliphatic rings. The molecule has 1 N–H and O–H groups in total. The van der Waals surface area contributed by atoms with Crippen LogP contribution < -0.4 is 9.47 Å². The first kappa shape index (κ1) is 25.8. The number of alkyl halides is 3. The van der Waals surface area contributed by atoms with Crippen molar-refractivity contribution < 1.29 is 36.9 Å². The summed E-state index contributed by atoms with van der Waals surface area (Å²) in [5.41, 5.74) is 1.47. The Labute approximate surface area is 210 Å². The van der Waals surface area contributed by atoms with Crippen molar-refractivity contribution >= 4 is 5.97 Å². The fourth-order valence-electron chi connectivity index (χ4n) is 3.77. The van der Waals surface area contributed by atoms with Gasteiger partial charge in [-0.2, -0.15) is 13.2 Å². The lowest BCUT2D eigenvalue weighted by atomic mass is 10.0. The van der Waals surface area contributed by atoms with Crippen LogP contribution in [0.5, 0.6) is 23.0 Å². The van der Waals surface area contributed by atoms with Gasteiger partial charge in [-0.3, -0.25) is 4.79 Å². The van der Waals surface area contributed by atoms with Crippen LogP contribution in [0.4, 0.5) is 17.6 Å². The van der Waals surface area contributed by atoms with E-state index in [4.69, 9.17) is 14.6 Å². The van der Waals surface area contributed by atoms with E-state index in [0.29, 0.717) is 29.2 Å². The average molecular weight is 510 g/mol. The molecule has 0 saturated heterocycles. The maximum Gasteiger partial charge on any atom is 0.416 e. The minimum atomic E-state index is -4.55. The molecule has 0 saturated carbocycles. The lowest BCUT2D eigenvalue weighted by molar-refractivity contribution is -0.138. The van der Waals surface area contributed by atoms with Gasteiger partial charge in [0, 0.05) is 18.1 Å². The van der Waals surface area contributed by atoms with Crippen molar-refractivity contribution in [3.63, 3.8) is 0 Å². The minimum absolute atomic E-state index is 0.0320. The third-order valence-corrected chi connectivity index (χ3v) is 5.65. The number of carboxylic acids is 1. The number of carboxylic acid groups (broad SMARTS) is 1. The van der Waals surface area contributed by atoms with Crippen LogP contribution in [0.15, 0.2) is 84.9 Å². The molecular formula is C29H22F4O4. The fourth-order valence-corrected chi connectivity index (χ4v) is 3.77. The van der Waals surface area contributed by atoms with Gasteiger partial charge >= 0.3 is 12.1 Å². The van der Waals surface area contributed by atoms with E-state index in [1.165, 1.54) is 30.3 Å². The highest BCUT2D eigenvalue weighted by Gasteiger charge is 2.31. The lowest BCUT2D eigenvalue weighted by Gasteiger charge is -2.15. The van der Waals surface area contributed by atoms with Crippen molar-refractivity contribution in [3.8, 4) is 34.1 Å². The van der Waals surface area contributed by atoms with Gasteiger partial charge in [0.1, 0.15) is 28.8 Å². The Morgan fingerprint density at radius 2 is 1.51 bits per heavy atom. The smallest absolute Gasteiger partial charge is 0.416 e. The first-order valence-corrected chi connectivity index (χ1v) is 11.3. The molecule has 0 aliphatic carbocycles. The highest BCUT2D eigenvalue weighted by atomic mass is 19.4. The molecule has 0 aromatic heterocycles. The summed E-state index contributed by atoms with van der Waals surface area (Å²) in [5.74, 6) is 0.0897. The number of benzene rings is 4. The molecule has 0 atom stereocenters. The number of halogens is 4. The highest BCUT2D eigenvalue weighted by Crippen LogP contribution is 2.39. The topological polar surface area (TPSA) is 55.8 Å². The molecule has 4 nitrogen and oxygen atoms in total. The SMILES string of the molecule is Cc1cc(Oc2cccc(Oc3ccc(C(F)(F)F)cc3-c3ccc(F)cc3)c2)ccc1CCC(=O)O. The standard InChI is InChI=1S/C29H22F4O4/c1-18-15-25(12-7-19(18)8-14-28(34)35)36-23-3-2-4-24(17-23)37-27-13-9-21(29(31,32)33)16-26(27)20-5-10-22(30)11-6-20/h2-7,9-13,15-17H,8,14H2,1H3,(H,34,35). The summed E-state index contributed by atoms with van der Waals surface area (Å²) in [6.07, 6.45) is -4.11. The van der Waals surface area contributed by atoms with Gasteiger partial charge in [0.15, 0.2) is 0 Å². The molecule has 0 bridgehead atoms. The number of ether oxygens (including phenoxy) is 2. The minimum Gasteiger partial charge on any atom is -0.481 e. The first-order chi connectivity index (χ1) is 17.6.